The first-order valence-electron chi connectivity index (χ1n) is 9.51. The Labute approximate surface area is 179 Å². The number of nitrogens with zero attached hydrogens (tertiary/aromatic N) is 1. The standard InChI is InChI=1S/C24H21ClN2O3/c1-15-21(29-14-17-8-10-18(25)11-9-17)13-12-20(23(15)28)22-24(16(2)26-27-22)30-19-6-4-3-5-7-19/h3-13,28H,14H2,1-2H3,(H,26,27). The van der Waals surface area contributed by atoms with Crippen LogP contribution >= 0.6 is 11.6 Å². The molecule has 0 saturated heterocycles. The number of hydrogen-bond acceptors (Lipinski definition) is 4. The average molecular weight is 421 g/mol. The van der Waals surface area contributed by atoms with Gasteiger partial charge in [0.15, 0.2) is 5.75 Å². The number of aromatic amines is 1. The van der Waals surface area contributed by atoms with Crippen LogP contribution in [0.4, 0.5) is 0 Å². The molecule has 0 unspecified atom stereocenters. The highest BCUT2D eigenvalue weighted by atomic mass is 35.5. The molecular formula is C24H21ClN2O3. The summed E-state index contributed by atoms with van der Waals surface area (Å²) in [6, 6.07) is 20.5. The zero-order valence-corrected chi connectivity index (χ0v) is 17.4. The van der Waals surface area contributed by atoms with Gasteiger partial charge in [-0.3, -0.25) is 5.10 Å². The second kappa shape index (κ2) is 8.51. The molecule has 1 aromatic heterocycles. The van der Waals surface area contributed by atoms with E-state index < -0.39 is 0 Å². The van der Waals surface area contributed by atoms with Crippen molar-refractivity contribution < 1.29 is 14.6 Å². The molecule has 3 aromatic carbocycles. The molecule has 0 aliphatic carbocycles. The molecule has 0 bridgehead atoms. The number of rotatable bonds is 6. The van der Waals surface area contributed by atoms with Gasteiger partial charge in [0.25, 0.3) is 0 Å². The third-order valence-electron chi connectivity index (χ3n) is 4.80. The summed E-state index contributed by atoms with van der Waals surface area (Å²) in [5.74, 6) is 1.98. The Morgan fingerprint density at radius 2 is 1.70 bits per heavy atom. The smallest absolute Gasteiger partial charge is 0.176 e. The Balaban J connectivity index is 1.60. The monoisotopic (exact) mass is 420 g/mol. The number of ether oxygens (including phenoxy) is 2. The largest absolute Gasteiger partial charge is 0.507 e. The number of H-pyrrole nitrogens is 1. The van der Waals surface area contributed by atoms with Crippen molar-refractivity contribution in [3.8, 4) is 34.3 Å². The molecule has 0 fully saturated rings. The molecule has 152 valence electrons. The second-order valence-corrected chi connectivity index (χ2v) is 7.38. The first kappa shape index (κ1) is 19.9. The predicted octanol–water partition coefficient (Wildman–Crippen LogP) is 6.42. The number of aryl methyl sites for hydroxylation is 1. The maximum Gasteiger partial charge on any atom is 0.176 e. The minimum absolute atomic E-state index is 0.105. The summed E-state index contributed by atoms with van der Waals surface area (Å²) in [6.07, 6.45) is 0. The van der Waals surface area contributed by atoms with Crippen molar-refractivity contribution in [1.82, 2.24) is 10.2 Å². The van der Waals surface area contributed by atoms with Crippen molar-refractivity contribution in [3.63, 3.8) is 0 Å². The Morgan fingerprint density at radius 3 is 2.43 bits per heavy atom. The summed E-state index contributed by atoms with van der Waals surface area (Å²) in [4.78, 5) is 0. The highest BCUT2D eigenvalue weighted by molar-refractivity contribution is 6.30. The Morgan fingerprint density at radius 1 is 0.967 bits per heavy atom. The molecule has 4 aromatic rings. The van der Waals surface area contributed by atoms with E-state index in [1.807, 2.05) is 74.5 Å². The maximum absolute atomic E-state index is 10.9. The summed E-state index contributed by atoms with van der Waals surface area (Å²) in [5.41, 5.74) is 3.51. The molecule has 5 nitrogen and oxygen atoms in total. The quantitative estimate of drug-likeness (QED) is 0.377. The van der Waals surface area contributed by atoms with Crippen LogP contribution in [0.5, 0.6) is 23.0 Å². The van der Waals surface area contributed by atoms with Crippen LogP contribution in [0.2, 0.25) is 5.02 Å². The van der Waals surface area contributed by atoms with Crippen molar-refractivity contribution >= 4 is 11.6 Å². The molecule has 1 heterocycles. The lowest BCUT2D eigenvalue weighted by Crippen LogP contribution is -1.98. The Hall–Kier alpha value is -3.44. The molecule has 0 aliphatic heterocycles. The Kier molecular flexibility index (Phi) is 5.63. The molecule has 30 heavy (non-hydrogen) atoms. The normalized spacial score (nSPS) is 10.8. The number of para-hydroxylation sites is 1. The van der Waals surface area contributed by atoms with E-state index in [4.69, 9.17) is 21.1 Å². The lowest BCUT2D eigenvalue weighted by molar-refractivity contribution is 0.302. The molecule has 0 radical (unpaired) electrons. The molecule has 6 heteroatoms. The van der Waals surface area contributed by atoms with Gasteiger partial charge in [0, 0.05) is 16.1 Å². The fraction of sp³-hybridized carbons (Fsp3) is 0.125. The van der Waals surface area contributed by atoms with Crippen molar-refractivity contribution in [3.05, 3.63) is 88.6 Å². The van der Waals surface area contributed by atoms with E-state index in [2.05, 4.69) is 10.2 Å². The van der Waals surface area contributed by atoms with Gasteiger partial charge in [-0.05, 0) is 55.8 Å². The lowest BCUT2D eigenvalue weighted by Gasteiger charge is -2.14. The zero-order chi connectivity index (χ0) is 21.1. The van der Waals surface area contributed by atoms with E-state index >= 15 is 0 Å². The van der Waals surface area contributed by atoms with Crippen LogP contribution in [0.25, 0.3) is 11.3 Å². The summed E-state index contributed by atoms with van der Waals surface area (Å²) in [7, 11) is 0. The van der Waals surface area contributed by atoms with Gasteiger partial charge in [-0.2, -0.15) is 5.10 Å². The number of phenolic OH excluding ortho intramolecular Hbond substituents is 1. The van der Waals surface area contributed by atoms with Crippen molar-refractivity contribution in [2.24, 2.45) is 0 Å². The van der Waals surface area contributed by atoms with E-state index in [1.165, 1.54) is 0 Å². The summed E-state index contributed by atoms with van der Waals surface area (Å²) in [5, 5.41) is 18.8. The van der Waals surface area contributed by atoms with Gasteiger partial charge < -0.3 is 14.6 Å². The molecule has 0 atom stereocenters. The van der Waals surface area contributed by atoms with Crippen molar-refractivity contribution in [1.29, 1.82) is 0 Å². The molecule has 4 rings (SSSR count). The SMILES string of the molecule is Cc1[nH]nc(-c2ccc(OCc3ccc(Cl)cc3)c(C)c2O)c1Oc1ccccc1. The molecule has 0 spiro atoms. The number of aromatic hydroxyl groups is 1. The first-order valence-corrected chi connectivity index (χ1v) is 9.89. The Bertz CT molecular complexity index is 1160. The molecule has 0 amide bonds. The molecule has 2 N–H and O–H groups in total. The van der Waals surface area contributed by atoms with E-state index in [1.54, 1.807) is 6.07 Å². The summed E-state index contributed by atoms with van der Waals surface area (Å²) >= 11 is 5.92. The maximum atomic E-state index is 10.9. The van der Waals surface area contributed by atoms with E-state index in [-0.39, 0.29) is 5.75 Å². The minimum atomic E-state index is 0.105. The fourth-order valence-corrected chi connectivity index (χ4v) is 3.23. The van der Waals surface area contributed by atoms with Crippen LogP contribution in [0.1, 0.15) is 16.8 Å². The van der Waals surface area contributed by atoms with Gasteiger partial charge in [0.2, 0.25) is 0 Å². The fourth-order valence-electron chi connectivity index (χ4n) is 3.10. The number of benzene rings is 3. The van der Waals surface area contributed by atoms with Crippen LogP contribution < -0.4 is 9.47 Å². The van der Waals surface area contributed by atoms with Gasteiger partial charge >= 0.3 is 0 Å². The lowest BCUT2D eigenvalue weighted by atomic mass is 10.0. The van der Waals surface area contributed by atoms with Crippen molar-refractivity contribution in [2.75, 3.05) is 0 Å². The number of hydrogen-bond donors (Lipinski definition) is 2. The number of halogens is 1. The first-order chi connectivity index (χ1) is 14.5. The third kappa shape index (κ3) is 4.11. The summed E-state index contributed by atoms with van der Waals surface area (Å²) in [6.45, 7) is 4.07. The zero-order valence-electron chi connectivity index (χ0n) is 16.6. The van der Waals surface area contributed by atoms with Crippen LogP contribution in [0.3, 0.4) is 0 Å². The molecule has 0 aliphatic rings. The molecular weight excluding hydrogens is 400 g/mol. The third-order valence-corrected chi connectivity index (χ3v) is 5.05. The van der Waals surface area contributed by atoms with Crippen LogP contribution in [-0.2, 0) is 6.61 Å². The number of phenols is 1. The van der Waals surface area contributed by atoms with Gasteiger partial charge in [-0.15, -0.1) is 0 Å². The topological polar surface area (TPSA) is 67.4 Å². The highest BCUT2D eigenvalue weighted by Crippen LogP contribution is 2.42. The summed E-state index contributed by atoms with van der Waals surface area (Å²) < 4.78 is 11.9. The van der Waals surface area contributed by atoms with Gasteiger partial charge in [-0.25, -0.2) is 0 Å². The van der Waals surface area contributed by atoms with Crippen LogP contribution in [0, 0.1) is 13.8 Å². The van der Waals surface area contributed by atoms with Crippen LogP contribution in [0.15, 0.2) is 66.7 Å². The van der Waals surface area contributed by atoms with Gasteiger partial charge in [-0.1, -0.05) is 41.9 Å². The van der Waals surface area contributed by atoms with Gasteiger partial charge in [0.05, 0.1) is 5.69 Å². The van der Waals surface area contributed by atoms with E-state index in [9.17, 15) is 5.11 Å². The van der Waals surface area contributed by atoms with Crippen LogP contribution in [-0.4, -0.2) is 15.3 Å². The van der Waals surface area contributed by atoms with Gasteiger partial charge in [0.1, 0.15) is 29.5 Å². The second-order valence-electron chi connectivity index (χ2n) is 6.94. The van der Waals surface area contributed by atoms with E-state index in [0.29, 0.717) is 45.7 Å². The van der Waals surface area contributed by atoms with Crippen molar-refractivity contribution in [2.45, 2.75) is 20.5 Å². The number of aromatic nitrogens is 2. The minimum Gasteiger partial charge on any atom is -0.507 e. The molecule has 0 saturated carbocycles. The highest BCUT2D eigenvalue weighted by Gasteiger charge is 2.20. The number of nitrogens with one attached hydrogen (secondary N) is 1. The van der Waals surface area contributed by atoms with E-state index in [0.717, 1.165) is 11.3 Å². The average Bonchev–Trinajstić information content (AvgIpc) is 3.11. The predicted molar refractivity (Wildman–Crippen MR) is 117 cm³/mol.